The van der Waals surface area contributed by atoms with Crippen molar-refractivity contribution < 1.29 is 34.0 Å². The van der Waals surface area contributed by atoms with E-state index in [2.05, 4.69) is 6.07 Å². The summed E-state index contributed by atoms with van der Waals surface area (Å²) in [6.07, 6.45) is 2.85. The number of methoxy groups -OCH3 is 1. The minimum Gasteiger partial charge on any atom is -0.508 e. The molecule has 1 saturated carbocycles. The van der Waals surface area contributed by atoms with Crippen molar-refractivity contribution in [2.75, 3.05) is 33.5 Å². The minimum absolute atomic E-state index is 0.0523. The minimum atomic E-state index is -1.02. The molecule has 2 aliphatic rings. The molecule has 3 aromatic rings. The number of aromatic hydroxyl groups is 1. The molecule has 1 aliphatic heterocycles. The Hall–Kier alpha value is -3.66. The number of benzene rings is 3. The third kappa shape index (κ3) is 9.82. The fraction of sp³-hybridized carbons (Fsp3) is 0.500. The van der Waals surface area contributed by atoms with Gasteiger partial charge in [0, 0.05) is 32.8 Å². The Morgan fingerprint density at radius 2 is 1.57 bits per heavy atom. The summed E-state index contributed by atoms with van der Waals surface area (Å²) >= 11 is 12.6. The molecule has 276 valence electrons. The van der Waals surface area contributed by atoms with Crippen LogP contribution in [0.1, 0.15) is 74.6 Å². The molecule has 1 heterocycles. The van der Waals surface area contributed by atoms with Crippen LogP contribution in [0.15, 0.2) is 54.6 Å². The molecule has 3 aromatic carbocycles. The highest BCUT2D eigenvalue weighted by atomic mass is 35.5. The van der Waals surface area contributed by atoms with Crippen molar-refractivity contribution in [2.24, 2.45) is 11.3 Å². The number of phenolic OH excluding ortho intramolecular Hbond substituents is 1. The second-order valence-electron chi connectivity index (χ2n) is 14.8. The number of carbonyl (C=O) groups excluding carboxylic acids is 1. The van der Waals surface area contributed by atoms with Crippen LogP contribution in [0.25, 0.3) is 0 Å². The molecule has 5 rings (SSSR count). The van der Waals surface area contributed by atoms with Crippen LogP contribution in [-0.4, -0.2) is 77.6 Å². The van der Waals surface area contributed by atoms with Crippen molar-refractivity contribution in [3.05, 3.63) is 86.9 Å². The maximum absolute atomic E-state index is 15.0. The smallest absolute Gasteiger partial charge is 0.407 e. The van der Waals surface area contributed by atoms with Gasteiger partial charge in [0.25, 0.3) is 0 Å². The number of carboxylic acid groups (broad SMARTS) is 1. The normalized spacial score (nSPS) is 19.1. The van der Waals surface area contributed by atoms with Crippen LogP contribution in [-0.2, 0) is 22.5 Å². The topological polar surface area (TPSA) is 109 Å². The standard InChI is InChI=1S/C40H50Cl2N2O7/c1-25-19-33(41)36(34(42)20-25)51-18-17-50-31-12-8-28(9-13-31)32-14-15-43(39(47)48)37(40(2,3)4)35(32)38(46)44(29-10-11-29)24-27-21-26(7-6-16-49-5)22-30(45)23-27/h8-9,12-13,19-23,29,32,35,37,45H,6-7,10-11,14-18,24H2,1-5H3,(H,47,48)/t32-,35-,37?/m1/s1. The second-order valence-corrected chi connectivity index (χ2v) is 15.6. The predicted molar refractivity (Wildman–Crippen MR) is 199 cm³/mol. The van der Waals surface area contributed by atoms with Crippen LogP contribution in [0, 0.1) is 18.3 Å². The zero-order valence-corrected chi connectivity index (χ0v) is 31.7. The summed E-state index contributed by atoms with van der Waals surface area (Å²) in [6, 6.07) is 16.4. The number of nitrogens with zero attached hydrogens (tertiary/aromatic N) is 2. The Morgan fingerprint density at radius 1 is 0.922 bits per heavy atom. The lowest BCUT2D eigenvalue weighted by Crippen LogP contribution is -2.60. The summed E-state index contributed by atoms with van der Waals surface area (Å²) in [5, 5.41) is 21.8. The fourth-order valence-electron chi connectivity index (χ4n) is 7.41. The molecule has 1 unspecified atom stereocenters. The van der Waals surface area contributed by atoms with E-state index in [1.807, 2.05) is 56.9 Å². The van der Waals surface area contributed by atoms with Crippen LogP contribution >= 0.6 is 23.2 Å². The molecule has 51 heavy (non-hydrogen) atoms. The SMILES string of the molecule is COCCCc1cc(O)cc(CN(C(=O)[C@H]2C(C(C)(C)C)N(C(=O)O)CC[C@@H]2c2ccc(OCCOc3c(Cl)cc(C)cc3Cl)cc2)C2CC2)c1. The summed E-state index contributed by atoms with van der Waals surface area (Å²) < 4.78 is 17.0. The number of aryl methyl sites for hydroxylation is 2. The highest BCUT2D eigenvalue weighted by Gasteiger charge is 2.52. The van der Waals surface area contributed by atoms with Gasteiger partial charge in [0.05, 0.1) is 22.0 Å². The lowest BCUT2D eigenvalue weighted by Gasteiger charge is -2.50. The molecular weight excluding hydrogens is 691 g/mol. The average molecular weight is 742 g/mol. The number of rotatable bonds is 14. The van der Waals surface area contributed by atoms with Gasteiger partial charge in [-0.05, 0) is 109 Å². The number of piperidine rings is 1. The summed E-state index contributed by atoms with van der Waals surface area (Å²) in [4.78, 5) is 31.0. The zero-order valence-electron chi connectivity index (χ0n) is 30.2. The fourth-order valence-corrected chi connectivity index (χ4v) is 8.12. The van der Waals surface area contributed by atoms with E-state index >= 15 is 0 Å². The van der Waals surface area contributed by atoms with E-state index < -0.39 is 23.5 Å². The average Bonchev–Trinajstić information content (AvgIpc) is 3.91. The van der Waals surface area contributed by atoms with Crippen molar-refractivity contribution in [1.82, 2.24) is 9.80 Å². The van der Waals surface area contributed by atoms with Crippen LogP contribution in [0.2, 0.25) is 10.0 Å². The second kappa shape index (κ2) is 16.8. The maximum Gasteiger partial charge on any atom is 0.407 e. The molecule has 0 aromatic heterocycles. The van der Waals surface area contributed by atoms with Crippen molar-refractivity contribution in [3.63, 3.8) is 0 Å². The third-order valence-corrected chi connectivity index (χ3v) is 10.3. The first-order chi connectivity index (χ1) is 24.3. The van der Waals surface area contributed by atoms with Gasteiger partial charge in [-0.15, -0.1) is 0 Å². The van der Waals surface area contributed by atoms with E-state index in [-0.39, 0.29) is 36.8 Å². The lowest BCUT2D eigenvalue weighted by atomic mass is 9.67. The summed E-state index contributed by atoms with van der Waals surface area (Å²) in [5.41, 5.74) is 3.23. The molecule has 2 fully saturated rings. The Labute approximate surface area is 311 Å². The number of carbonyl (C=O) groups is 2. The third-order valence-electron chi connectivity index (χ3n) is 9.73. The monoisotopic (exact) mass is 740 g/mol. The quantitative estimate of drug-likeness (QED) is 0.159. The van der Waals surface area contributed by atoms with Gasteiger partial charge < -0.3 is 34.2 Å². The largest absolute Gasteiger partial charge is 0.508 e. The lowest BCUT2D eigenvalue weighted by molar-refractivity contribution is -0.144. The molecule has 0 radical (unpaired) electrons. The van der Waals surface area contributed by atoms with Crippen molar-refractivity contribution in [1.29, 1.82) is 0 Å². The van der Waals surface area contributed by atoms with Crippen molar-refractivity contribution in [2.45, 2.75) is 84.3 Å². The number of amides is 2. The molecule has 3 atom stereocenters. The van der Waals surface area contributed by atoms with Crippen molar-refractivity contribution >= 4 is 35.2 Å². The number of phenols is 1. The number of likely N-dealkylation sites (tertiary alicyclic amines) is 1. The molecule has 1 saturated heterocycles. The van der Waals surface area contributed by atoms with E-state index in [1.54, 1.807) is 31.4 Å². The van der Waals surface area contributed by atoms with E-state index in [1.165, 1.54) is 4.90 Å². The van der Waals surface area contributed by atoms with Gasteiger partial charge >= 0.3 is 6.09 Å². The molecule has 2 amide bonds. The van der Waals surface area contributed by atoms with Gasteiger partial charge in [0.2, 0.25) is 5.91 Å². The number of halogens is 2. The molecule has 1 aliphatic carbocycles. The van der Waals surface area contributed by atoms with Gasteiger partial charge in [0.1, 0.15) is 24.7 Å². The Kier molecular flexibility index (Phi) is 12.7. The van der Waals surface area contributed by atoms with Gasteiger partial charge in [-0.25, -0.2) is 4.79 Å². The highest BCUT2D eigenvalue weighted by molar-refractivity contribution is 6.37. The zero-order chi connectivity index (χ0) is 36.9. The van der Waals surface area contributed by atoms with Crippen molar-refractivity contribution in [3.8, 4) is 17.2 Å². The molecule has 9 nitrogen and oxygen atoms in total. The van der Waals surface area contributed by atoms with Crippen LogP contribution in [0.3, 0.4) is 0 Å². The number of hydrogen-bond acceptors (Lipinski definition) is 6. The predicted octanol–water partition coefficient (Wildman–Crippen LogP) is 8.73. The van der Waals surface area contributed by atoms with Crippen LogP contribution in [0.5, 0.6) is 17.2 Å². The van der Waals surface area contributed by atoms with E-state index in [9.17, 15) is 19.8 Å². The molecule has 2 N–H and O–H groups in total. The Bertz CT molecular complexity index is 1650. The van der Waals surface area contributed by atoms with Gasteiger partial charge in [-0.2, -0.15) is 0 Å². The maximum atomic E-state index is 15.0. The number of hydrogen-bond donors (Lipinski definition) is 2. The van der Waals surface area contributed by atoms with E-state index in [0.717, 1.165) is 47.9 Å². The van der Waals surface area contributed by atoms with Crippen LogP contribution in [0.4, 0.5) is 4.79 Å². The Morgan fingerprint density at radius 3 is 2.18 bits per heavy atom. The first-order valence-corrected chi connectivity index (χ1v) is 18.4. The highest BCUT2D eigenvalue weighted by Crippen LogP contribution is 2.46. The first kappa shape index (κ1) is 38.6. The van der Waals surface area contributed by atoms with Crippen LogP contribution < -0.4 is 9.47 Å². The van der Waals surface area contributed by atoms with Gasteiger partial charge in [-0.3, -0.25) is 4.79 Å². The summed E-state index contributed by atoms with van der Waals surface area (Å²) in [7, 11) is 1.67. The first-order valence-electron chi connectivity index (χ1n) is 17.7. The summed E-state index contributed by atoms with van der Waals surface area (Å²) in [6.45, 7) is 9.74. The molecule has 0 spiro atoms. The molecule has 0 bridgehead atoms. The molecule has 11 heteroatoms. The van der Waals surface area contributed by atoms with E-state index in [0.29, 0.717) is 47.7 Å². The van der Waals surface area contributed by atoms with E-state index in [4.69, 9.17) is 37.4 Å². The Balaban J connectivity index is 1.37. The molecular formula is C40H50Cl2N2O7. The van der Waals surface area contributed by atoms with Gasteiger partial charge in [-0.1, -0.05) is 62.2 Å². The summed E-state index contributed by atoms with van der Waals surface area (Å²) in [5.74, 6) is 0.357. The number of ether oxygens (including phenoxy) is 3. The van der Waals surface area contributed by atoms with Gasteiger partial charge in [0.15, 0.2) is 5.75 Å².